The van der Waals surface area contributed by atoms with Crippen LogP contribution in [0.15, 0.2) is 47.3 Å². The minimum Gasteiger partial charge on any atom is -0.497 e. The molecule has 3 rings (SSSR count). The van der Waals surface area contributed by atoms with Crippen LogP contribution in [0.25, 0.3) is 10.8 Å². The van der Waals surface area contributed by atoms with Crippen LogP contribution in [0.1, 0.15) is 24.2 Å². The van der Waals surface area contributed by atoms with Crippen molar-refractivity contribution < 1.29 is 14.3 Å². The first-order valence-electron chi connectivity index (χ1n) is 8.51. The summed E-state index contributed by atoms with van der Waals surface area (Å²) in [7, 11) is 3.16. The van der Waals surface area contributed by atoms with E-state index < -0.39 is 0 Å². The van der Waals surface area contributed by atoms with Gasteiger partial charge in [-0.25, -0.2) is 5.10 Å². The van der Waals surface area contributed by atoms with Gasteiger partial charge in [-0.2, -0.15) is 5.10 Å². The molecule has 1 aromatic heterocycles. The summed E-state index contributed by atoms with van der Waals surface area (Å²) in [6.45, 7) is 1.87. The van der Waals surface area contributed by atoms with Gasteiger partial charge in [0.25, 0.3) is 5.56 Å². The number of nitrogens with one attached hydrogen (secondary N) is 2. The Labute approximate surface area is 156 Å². The summed E-state index contributed by atoms with van der Waals surface area (Å²) in [5.41, 5.74) is 1.06. The average Bonchev–Trinajstić information content (AvgIpc) is 2.69. The van der Waals surface area contributed by atoms with Crippen LogP contribution < -0.4 is 20.3 Å². The number of aromatic amines is 1. The van der Waals surface area contributed by atoms with Crippen LogP contribution in [-0.2, 0) is 11.2 Å². The van der Waals surface area contributed by atoms with E-state index in [0.717, 1.165) is 5.56 Å². The van der Waals surface area contributed by atoms with Crippen LogP contribution in [0.4, 0.5) is 0 Å². The zero-order chi connectivity index (χ0) is 19.4. The van der Waals surface area contributed by atoms with E-state index in [2.05, 4.69) is 15.5 Å². The number of rotatable bonds is 6. The molecule has 0 saturated carbocycles. The van der Waals surface area contributed by atoms with E-state index in [1.54, 1.807) is 44.6 Å². The zero-order valence-corrected chi connectivity index (χ0v) is 15.4. The molecule has 1 unspecified atom stereocenters. The number of hydrogen-bond donors (Lipinski definition) is 2. The Morgan fingerprint density at radius 3 is 2.59 bits per heavy atom. The summed E-state index contributed by atoms with van der Waals surface area (Å²) >= 11 is 0. The fraction of sp³-hybridized carbons (Fsp3) is 0.250. The third-order valence-electron chi connectivity index (χ3n) is 4.38. The van der Waals surface area contributed by atoms with Gasteiger partial charge in [0.2, 0.25) is 5.91 Å². The highest BCUT2D eigenvalue weighted by Crippen LogP contribution is 2.29. The fourth-order valence-corrected chi connectivity index (χ4v) is 3.01. The maximum absolute atomic E-state index is 12.6. The summed E-state index contributed by atoms with van der Waals surface area (Å²) in [5.74, 6) is 1.13. The predicted molar refractivity (Wildman–Crippen MR) is 102 cm³/mol. The number of carbonyl (C=O) groups is 1. The normalized spacial score (nSPS) is 11.8. The molecule has 2 aromatic carbocycles. The van der Waals surface area contributed by atoms with Gasteiger partial charge in [-0.3, -0.25) is 9.59 Å². The molecule has 140 valence electrons. The van der Waals surface area contributed by atoms with Crippen molar-refractivity contribution in [2.75, 3.05) is 14.2 Å². The molecule has 0 saturated heterocycles. The first kappa shape index (κ1) is 18.4. The maximum atomic E-state index is 12.6. The summed E-state index contributed by atoms with van der Waals surface area (Å²) in [6.07, 6.45) is 0.0495. The number of hydrogen-bond acceptors (Lipinski definition) is 5. The molecule has 0 aliphatic rings. The molecule has 0 radical (unpaired) electrons. The van der Waals surface area contributed by atoms with E-state index in [0.29, 0.717) is 28.0 Å². The van der Waals surface area contributed by atoms with E-state index in [1.165, 1.54) is 0 Å². The number of nitrogens with zero attached hydrogens (tertiary/aromatic N) is 1. The molecule has 2 N–H and O–H groups in total. The van der Waals surface area contributed by atoms with Crippen molar-refractivity contribution in [3.05, 3.63) is 64.1 Å². The monoisotopic (exact) mass is 367 g/mol. The van der Waals surface area contributed by atoms with Crippen LogP contribution in [0, 0.1) is 0 Å². The predicted octanol–water partition coefficient (Wildman–Crippen LogP) is 2.36. The SMILES string of the molecule is COc1ccc(OC)c(C(C)NC(=O)Cc2n[nH]c(=O)c3ccccc23)c1. The first-order valence-corrected chi connectivity index (χ1v) is 8.51. The highest BCUT2D eigenvalue weighted by atomic mass is 16.5. The second-order valence-corrected chi connectivity index (χ2v) is 6.12. The van der Waals surface area contributed by atoms with Gasteiger partial charge in [0.1, 0.15) is 11.5 Å². The molecule has 0 spiro atoms. The number of benzene rings is 2. The van der Waals surface area contributed by atoms with Crippen molar-refractivity contribution in [2.45, 2.75) is 19.4 Å². The summed E-state index contributed by atoms with van der Waals surface area (Å²) in [4.78, 5) is 24.4. The Kier molecular flexibility index (Phi) is 5.40. The Morgan fingerprint density at radius 2 is 1.89 bits per heavy atom. The maximum Gasteiger partial charge on any atom is 0.272 e. The largest absolute Gasteiger partial charge is 0.497 e. The van der Waals surface area contributed by atoms with Gasteiger partial charge in [0, 0.05) is 10.9 Å². The molecular formula is C20H21N3O4. The molecule has 27 heavy (non-hydrogen) atoms. The third-order valence-corrected chi connectivity index (χ3v) is 4.38. The molecule has 7 nitrogen and oxygen atoms in total. The zero-order valence-electron chi connectivity index (χ0n) is 15.4. The van der Waals surface area contributed by atoms with Gasteiger partial charge in [0.05, 0.1) is 37.8 Å². The van der Waals surface area contributed by atoms with Gasteiger partial charge in [-0.1, -0.05) is 18.2 Å². The van der Waals surface area contributed by atoms with Crippen molar-refractivity contribution in [1.29, 1.82) is 0 Å². The summed E-state index contributed by atoms with van der Waals surface area (Å²) in [5, 5.41) is 10.6. The molecule has 0 fully saturated rings. The standard InChI is InChI=1S/C20H21N3O4/c1-12(16-10-13(26-2)8-9-18(16)27-3)21-19(24)11-17-14-6-4-5-7-15(14)20(25)23-22-17/h4-10,12H,11H2,1-3H3,(H,21,24)(H,23,25). The molecule has 0 aliphatic carbocycles. The van der Waals surface area contributed by atoms with Gasteiger partial charge in [-0.05, 0) is 31.2 Å². The lowest BCUT2D eigenvalue weighted by Gasteiger charge is -2.18. The Morgan fingerprint density at radius 1 is 1.15 bits per heavy atom. The van der Waals surface area contributed by atoms with Crippen molar-refractivity contribution >= 4 is 16.7 Å². The lowest BCUT2D eigenvalue weighted by molar-refractivity contribution is -0.121. The molecule has 1 heterocycles. The van der Waals surface area contributed by atoms with Gasteiger partial charge in [0.15, 0.2) is 0 Å². The van der Waals surface area contributed by atoms with Crippen molar-refractivity contribution in [3.8, 4) is 11.5 Å². The van der Waals surface area contributed by atoms with Crippen LogP contribution in [0.2, 0.25) is 0 Å². The minimum absolute atomic E-state index is 0.0495. The van der Waals surface area contributed by atoms with Crippen LogP contribution >= 0.6 is 0 Å². The quantitative estimate of drug-likeness (QED) is 0.698. The Balaban J connectivity index is 1.81. The van der Waals surface area contributed by atoms with E-state index in [4.69, 9.17) is 9.47 Å². The molecule has 0 aliphatic heterocycles. The summed E-state index contributed by atoms with van der Waals surface area (Å²) < 4.78 is 10.6. The van der Waals surface area contributed by atoms with E-state index in [1.807, 2.05) is 19.1 Å². The Bertz CT molecular complexity index is 1030. The minimum atomic E-state index is -0.295. The summed E-state index contributed by atoms with van der Waals surface area (Å²) in [6, 6.07) is 12.2. The third kappa shape index (κ3) is 3.92. The Hall–Kier alpha value is -3.35. The van der Waals surface area contributed by atoms with Gasteiger partial charge >= 0.3 is 0 Å². The van der Waals surface area contributed by atoms with Crippen molar-refractivity contribution in [2.24, 2.45) is 0 Å². The molecule has 7 heteroatoms. The van der Waals surface area contributed by atoms with Gasteiger partial charge in [-0.15, -0.1) is 0 Å². The van der Waals surface area contributed by atoms with Crippen LogP contribution in [0.5, 0.6) is 11.5 Å². The lowest BCUT2D eigenvalue weighted by atomic mass is 10.1. The molecule has 3 aromatic rings. The highest BCUT2D eigenvalue weighted by Gasteiger charge is 2.17. The number of H-pyrrole nitrogens is 1. The number of fused-ring (bicyclic) bond motifs is 1. The van der Waals surface area contributed by atoms with E-state index in [9.17, 15) is 9.59 Å². The fourth-order valence-electron chi connectivity index (χ4n) is 3.01. The molecule has 0 bridgehead atoms. The molecule has 1 amide bonds. The van der Waals surface area contributed by atoms with Crippen LogP contribution in [-0.4, -0.2) is 30.3 Å². The van der Waals surface area contributed by atoms with Crippen molar-refractivity contribution in [1.82, 2.24) is 15.5 Å². The average molecular weight is 367 g/mol. The topological polar surface area (TPSA) is 93.3 Å². The number of ether oxygens (including phenoxy) is 2. The highest BCUT2D eigenvalue weighted by molar-refractivity contribution is 5.88. The smallest absolute Gasteiger partial charge is 0.272 e. The van der Waals surface area contributed by atoms with Crippen LogP contribution in [0.3, 0.4) is 0 Å². The number of methoxy groups -OCH3 is 2. The second-order valence-electron chi connectivity index (χ2n) is 6.12. The first-order chi connectivity index (χ1) is 13.0. The molecular weight excluding hydrogens is 346 g/mol. The number of amides is 1. The van der Waals surface area contributed by atoms with Gasteiger partial charge < -0.3 is 14.8 Å². The number of aromatic nitrogens is 2. The van der Waals surface area contributed by atoms with E-state index in [-0.39, 0.29) is 23.9 Å². The number of carbonyl (C=O) groups excluding carboxylic acids is 1. The second kappa shape index (κ2) is 7.90. The lowest BCUT2D eigenvalue weighted by Crippen LogP contribution is -2.29. The van der Waals surface area contributed by atoms with Crippen molar-refractivity contribution in [3.63, 3.8) is 0 Å². The molecule has 1 atom stereocenters. The van der Waals surface area contributed by atoms with E-state index >= 15 is 0 Å².